The molecule has 0 aliphatic rings. The lowest BCUT2D eigenvalue weighted by atomic mass is 10.1. The minimum Gasteiger partial charge on any atom is -0.497 e. The molecular weight excluding hydrogens is 242 g/mol. The lowest BCUT2D eigenvalue weighted by molar-refractivity contribution is 0.00706. The van der Waals surface area contributed by atoms with E-state index >= 15 is 0 Å². The molecule has 1 rings (SSSR count). The molecule has 4 heteroatoms. The number of hydrogen-bond donors (Lipinski definition) is 1. The topological polar surface area (TPSA) is 39.7 Å². The van der Waals surface area contributed by atoms with Gasteiger partial charge in [-0.15, -0.1) is 0 Å². The first kappa shape index (κ1) is 16.0. The van der Waals surface area contributed by atoms with Crippen LogP contribution < -0.4 is 10.1 Å². The molecule has 1 aromatic carbocycles. The summed E-state index contributed by atoms with van der Waals surface area (Å²) in [6.45, 7) is 7.77. The fourth-order valence-corrected chi connectivity index (χ4v) is 1.76. The monoisotopic (exact) mass is 267 g/mol. The fraction of sp³-hybridized carbons (Fsp3) is 0.600. The molecule has 108 valence electrons. The second-order valence-corrected chi connectivity index (χ2v) is 4.14. The molecule has 0 aliphatic heterocycles. The van der Waals surface area contributed by atoms with Gasteiger partial charge in [0.05, 0.1) is 26.4 Å². The van der Waals surface area contributed by atoms with Gasteiger partial charge in [-0.3, -0.25) is 0 Å². The smallest absolute Gasteiger partial charge is 0.118 e. The second-order valence-electron chi connectivity index (χ2n) is 4.14. The molecule has 1 aromatic rings. The van der Waals surface area contributed by atoms with Crippen molar-refractivity contribution in [3.63, 3.8) is 0 Å². The Hall–Kier alpha value is -1.10. The lowest BCUT2D eigenvalue weighted by Gasteiger charge is -2.19. The zero-order valence-corrected chi connectivity index (χ0v) is 12.1. The average molecular weight is 267 g/mol. The van der Waals surface area contributed by atoms with E-state index in [1.54, 1.807) is 7.11 Å². The highest BCUT2D eigenvalue weighted by atomic mass is 16.5. The van der Waals surface area contributed by atoms with Gasteiger partial charge >= 0.3 is 0 Å². The molecule has 0 amide bonds. The Labute approximate surface area is 116 Å². The molecule has 0 radical (unpaired) electrons. The van der Waals surface area contributed by atoms with Gasteiger partial charge in [0.1, 0.15) is 5.75 Å². The zero-order valence-electron chi connectivity index (χ0n) is 12.1. The largest absolute Gasteiger partial charge is 0.497 e. The average Bonchev–Trinajstić information content (AvgIpc) is 2.47. The summed E-state index contributed by atoms with van der Waals surface area (Å²) >= 11 is 0. The molecule has 0 spiro atoms. The molecule has 1 N–H and O–H groups in total. The van der Waals surface area contributed by atoms with Crippen LogP contribution in [0.25, 0.3) is 0 Å². The Morgan fingerprint density at radius 1 is 1.11 bits per heavy atom. The van der Waals surface area contributed by atoms with Crippen molar-refractivity contribution < 1.29 is 14.2 Å². The molecule has 1 unspecified atom stereocenters. The van der Waals surface area contributed by atoms with E-state index in [4.69, 9.17) is 14.2 Å². The minimum atomic E-state index is 0.0475. The molecule has 0 aromatic heterocycles. The normalized spacial score (nSPS) is 12.4. The van der Waals surface area contributed by atoms with Gasteiger partial charge in [0.2, 0.25) is 0 Å². The van der Waals surface area contributed by atoms with Crippen LogP contribution >= 0.6 is 0 Å². The summed E-state index contributed by atoms with van der Waals surface area (Å²) in [5.41, 5.74) is 1.15. The Morgan fingerprint density at radius 3 is 2.42 bits per heavy atom. The van der Waals surface area contributed by atoms with Crippen LogP contribution in [0.3, 0.4) is 0 Å². The Morgan fingerprint density at radius 2 is 1.84 bits per heavy atom. The molecule has 4 nitrogen and oxygen atoms in total. The van der Waals surface area contributed by atoms with E-state index in [9.17, 15) is 0 Å². The van der Waals surface area contributed by atoms with E-state index in [-0.39, 0.29) is 6.10 Å². The third kappa shape index (κ3) is 6.05. The van der Waals surface area contributed by atoms with Crippen molar-refractivity contribution in [1.82, 2.24) is 5.32 Å². The highest BCUT2D eigenvalue weighted by molar-refractivity contribution is 5.28. The standard InChI is InChI=1S/C15H25NO3/c1-4-16-12-15(19-11-10-18-5-2)13-6-8-14(17-3)9-7-13/h6-9,15-16H,4-5,10-12H2,1-3H3. The molecular formula is C15H25NO3. The van der Waals surface area contributed by atoms with Crippen LogP contribution in [0.1, 0.15) is 25.5 Å². The molecule has 19 heavy (non-hydrogen) atoms. The van der Waals surface area contributed by atoms with Crippen LogP contribution in [-0.4, -0.2) is 40.0 Å². The number of likely N-dealkylation sites (N-methyl/N-ethyl adjacent to an activating group) is 1. The minimum absolute atomic E-state index is 0.0475. The van der Waals surface area contributed by atoms with E-state index in [0.29, 0.717) is 13.2 Å². The van der Waals surface area contributed by atoms with Crippen molar-refractivity contribution in [1.29, 1.82) is 0 Å². The van der Waals surface area contributed by atoms with Crippen molar-refractivity contribution in [2.45, 2.75) is 20.0 Å². The third-order valence-corrected chi connectivity index (χ3v) is 2.82. The number of hydrogen-bond acceptors (Lipinski definition) is 4. The molecule has 0 aliphatic carbocycles. The molecule has 0 saturated heterocycles. The molecule has 0 saturated carbocycles. The van der Waals surface area contributed by atoms with Crippen LogP contribution in [0.4, 0.5) is 0 Å². The predicted molar refractivity (Wildman–Crippen MR) is 76.7 cm³/mol. The maximum atomic E-state index is 5.88. The van der Waals surface area contributed by atoms with Crippen LogP contribution in [0.5, 0.6) is 5.75 Å². The van der Waals surface area contributed by atoms with Gasteiger partial charge in [-0.1, -0.05) is 19.1 Å². The van der Waals surface area contributed by atoms with Crippen LogP contribution in [0.2, 0.25) is 0 Å². The van der Waals surface area contributed by atoms with Crippen molar-refractivity contribution >= 4 is 0 Å². The van der Waals surface area contributed by atoms with Gasteiger partial charge in [-0.05, 0) is 31.2 Å². The number of methoxy groups -OCH3 is 1. The number of ether oxygens (including phenoxy) is 3. The highest BCUT2D eigenvalue weighted by Crippen LogP contribution is 2.20. The van der Waals surface area contributed by atoms with Crippen molar-refractivity contribution in [2.75, 3.05) is 40.0 Å². The first-order chi connectivity index (χ1) is 9.31. The van der Waals surface area contributed by atoms with Gasteiger partial charge in [0.25, 0.3) is 0 Å². The zero-order chi connectivity index (χ0) is 13.9. The van der Waals surface area contributed by atoms with E-state index in [2.05, 4.69) is 12.2 Å². The second kappa shape index (κ2) is 9.78. The maximum absolute atomic E-state index is 5.88. The SMILES string of the molecule is CCNCC(OCCOCC)c1ccc(OC)cc1. The van der Waals surface area contributed by atoms with Gasteiger partial charge in [0.15, 0.2) is 0 Å². The van der Waals surface area contributed by atoms with E-state index < -0.39 is 0 Å². The van der Waals surface area contributed by atoms with E-state index in [1.165, 1.54) is 0 Å². The first-order valence-corrected chi connectivity index (χ1v) is 6.85. The maximum Gasteiger partial charge on any atom is 0.118 e. The number of benzene rings is 1. The Kier molecular flexibility index (Phi) is 8.21. The van der Waals surface area contributed by atoms with Crippen LogP contribution in [-0.2, 0) is 9.47 Å². The molecule has 0 bridgehead atoms. The van der Waals surface area contributed by atoms with Crippen LogP contribution in [0, 0.1) is 0 Å². The molecule has 0 fully saturated rings. The van der Waals surface area contributed by atoms with Gasteiger partial charge in [0, 0.05) is 13.2 Å². The summed E-state index contributed by atoms with van der Waals surface area (Å²) in [5, 5.41) is 3.32. The quantitative estimate of drug-likeness (QED) is 0.661. The Balaban J connectivity index is 2.55. The van der Waals surface area contributed by atoms with E-state index in [1.807, 2.05) is 31.2 Å². The number of rotatable bonds is 10. The number of nitrogens with one attached hydrogen (secondary N) is 1. The lowest BCUT2D eigenvalue weighted by Crippen LogP contribution is -2.24. The Bertz CT molecular complexity index is 327. The van der Waals surface area contributed by atoms with Crippen molar-refractivity contribution in [3.8, 4) is 5.75 Å². The summed E-state index contributed by atoms with van der Waals surface area (Å²) in [7, 11) is 1.67. The summed E-state index contributed by atoms with van der Waals surface area (Å²) in [5.74, 6) is 0.861. The first-order valence-electron chi connectivity index (χ1n) is 6.85. The predicted octanol–water partition coefficient (Wildman–Crippen LogP) is 2.40. The van der Waals surface area contributed by atoms with Gasteiger partial charge in [-0.2, -0.15) is 0 Å². The molecule has 0 heterocycles. The molecule has 1 atom stereocenters. The van der Waals surface area contributed by atoms with Crippen LogP contribution in [0.15, 0.2) is 24.3 Å². The summed E-state index contributed by atoms with van der Waals surface area (Å²) in [6, 6.07) is 8.00. The van der Waals surface area contributed by atoms with Gasteiger partial charge < -0.3 is 19.5 Å². The van der Waals surface area contributed by atoms with Crippen molar-refractivity contribution in [3.05, 3.63) is 29.8 Å². The third-order valence-electron chi connectivity index (χ3n) is 2.82. The fourth-order valence-electron chi connectivity index (χ4n) is 1.76. The summed E-state index contributed by atoms with van der Waals surface area (Å²) in [6.07, 6.45) is 0.0475. The summed E-state index contributed by atoms with van der Waals surface area (Å²) in [4.78, 5) is 0. The van der Waals surface area contributed by atoms with Gasteiger partial charge in [-0.25, -0.2) is 0 Å². The summed E-state index contributed by atoms with van der Waals surface area (Å²) < 4.78 is 16.3. The van der Waals surface area contributed by atoms with E-state index in [0.717, 1.165) is 31.0 Å². The van der Waals surface area contributed by atoms with Crippen molar-refractivity contribution in [2.24, 2.45) is 0 Å². The highest BCUT2D eigenvalue weighted by Gasteiger charge is 2.11.